The van der Waals surface area contributed by atoms with Crippen LogP contribution in [-0.2, 0) is 4.79 Å². The normalized spacial score (nSPS) is 10.6. The molecule has 0 saturated heterocycles. The zero-order valence-electron chi connectivity index (χ0n) is 11.3. The highest BCUT2D eigenvalue weighted by atomic mass is 16.5. The van der Waals surface area contributed by atoms with Gasteiger partial charge in [0.25, 0.3) is 0 Å². The molecule has 0 fully saturated rings. The van der Waals surface area contributed by atoms with Gasteiger partial charge in [0.15, 0.2) is 11.5 Å². The summed E-state index contributed by atoms with van der Waals surface area (Å²) in [6, 6.07) is 5.07. The van der Waals surface area contributed by atoms with Gasteiger partial charge in [0.1, 0.15) is 0 Å². The molecule has 0 heterocycles. The van der Waals surface area contributed by atoms with E-state index in [0.29, 0.717) is 17.7 Å². The Hall–Kier alpha value is -2.04. The second-order valence-electron chi connectivity index (χ2n) is 4.15. The van der Waals surface area contributed by atoms with Gasteiger partial charge in [-0.25, -0.2) is 5.43 Å². The number of methoxy groups -OCH3 is 1. The number of hydrogen-bond acceptors (Lipinski definition) is 4. The second-order valence-corrected chi connectivity index (χ2v) is 4.15. The highest BCUT2D eigenvalue weighted by Gasteiger charge is 2.05. The van der Waals surface area contributed by atoms with E-state index in [4.69, 9.17) is 4.74 Å². The molecule has 0 radical (unpaired) electrons. The Morgan fingerprint density at radius 2 is 2.26 bits per heavy atom. The lowest BCUT2D eigenvalue weighted by Gasteiger charge is -2.04. The Bertz CT molecular complexity index is 444. The van der Waals surface area contributed by atoms with Crippen molar-refractivity contribution in [1.82, 2.24) is 5.43 Å². The average molecular weight is 264 g/mol. The Labute approximate surface area is 113 Å². The van der Waals surface area contributed by atoms with Crippen LogP contribution in [0, 0.1) is 0 Å². The number of nitrogens with zero attached hydrogens (tertiary/aromatic N) is 1. The van der Waals surface area contributed by atoms with Gasteiger partial charge in [0.05, 0.1) is 13.3 Å². The number of para-hydroxylation sites is 1. The molecule has 0 atom stereocenters. The van der Waals surface area contributed by atoms with E-state index in [1.165, 1.54) is 13.3 Å². The average Bonchev–Trinajstić information content (AvgIpc) is 2.41. The number of rotatable bonds is 7. The molecule has 5 nitrogen and oxygen atoms in total. The number of phenolic OH excluding ortho intramolecular Hbond substituents is 1. The van der Waals surface area contributed by atoms with Crippen LogP contribution in [0.15, 0.2) is 23.3 Å². The van der Waals surface area contributed by atoms with Crippen molar-refractivity contribution in [3.8, 4) is 11.5 Å². The first kappa shape index (κ1) is 15.0. The van der Waals surface area contributed by atoms with E-state index >= 15 is 0 Å². The molecule has 5 heteroatoms. The zero-order chi connectivity index (χ0) is 14.1. The predicted octanol–water partition coefficient (Wildman–Crippen LogP) is 2.43. The molecule has 19 heavy (non-hydrogen) atoms. The van der Waals surface area contributed by atoms with Gasteiger partial charge in [0.2, 0.25) is 5.91 Å². The number of aromatic hydroxyl groups is 1. The van der Waals surface area contributed by atoms with E-state index in [-0.39, 0.29) is 11.7 Å². The minimum Gasteiger partial charge on any atom is -0.504 e. The van der Waals surface area contributed by atoms with Gasteiger partial charge in [0, 0.05) is 12.0 Å². The molecule has 1 aromatic carbocycles. The third-order valence-corrected chi connectivity index (χ3v) is 2.65. The van der Waals surface area contributed by atoms with Crippen molar-refractivity contribution in [2.24, 2.45) is 5.10 Å². The summed E-state index contributed by atoms with van der Waals surface area (Å²) in [7, 11) is 1.48. The minimum absolute atomic E-state index is 0.00832. The highest BCUT2D eigenvalue weighted by Crippen LogP contribution is 2.27. The van der Waals surface area contributed by atoms with Crippen molar-refractivity contribution in [3.63, 3.8) is 0 Å². The maximum absolute atomic E-state index is 11.4. The summed E-state index contributed by atoms with van der Waals surface area (Å²) in [4.78, 5) is 11.4. The Kier molecular flexibility index (Phi) is 6.43. The molecule has 0 aliphatic carbocycles. The van der Waals surface area contributed by atoms with Crippen LogP contribution in [0.2, 0.25) is 0 Å². The third kappa shape index (κ3) is 4.99. The van der Waals surface area contributed by atoms with Crippen molar-refractivity contribution >= 4 is 12.1 Å². The van der Waals surface area contributed by atoms with Crippen LogP contribution in [0.1, 0.15) is 38.2 Å². The third-order valence-electron chi connectivity index (χ3n) is 2.65. The van der Waals surface area contributed by atoms with E-state index in [9.17, 15) is 9.90 Å². The Balaban J connectivity index is 2.51. The van der Waals surface area contributed by atoms with E-state index < -0.39 is 0 Å². The molecule has 0 aliphatic rings. The van der Waals surface area contributed by atoms with E-state index in [0.717, 1.165) is 19.3 Å². The molecular formula is C14H20N2O3. The first-order valence-electron chi connectivity index (χ1n) is 6.37. The van der Waals surface area contributed by atoms with E-state index in [1.807, 2.05) is 0 Å². The van der Waals surface area contributed by atoms with Gasteiger partial charge < -0.3 is 9.84 Å². The molecule has 0 aromatic heterocycles. The zero-order valence-corrected chi connectivity index (χ0v) is 11.3. The van der Waals surface area contributed by atoms with Crippen LogP contribution < -0.4 is 10.2 Å². The van der Waals surface area contributed by atoms with Gasteiger partial charge in [-0.05, 0) is 18.6 Å². The summed E-state index contributed by atoms with van der Waals surface area (Å²) in [6.07, 6.45) is 4.84. The number of unbranched alkanes of at least 4 members (excludes halogenated alkanes) is 2. The smallest absolute Gasteiger partial charge is 0.240 e. The lowest BCUT2D eigenvalue weighted by Crippen LogP contribution is -2.16. The highest BCUT2D eigenvalue weighted by molar-refractivity contribution is 5.86. The van der Waals surface area contributed by atoms with Crippen molar-refractivity contribution in [3.05, 3.63) is 23.8 Å². The predicted molar refractivity (Wildman–Crippen MR) is 74.5 cm³/mol. The lowest BCUT2D eigenvalue weighted by atomic mass is 10.2. The van der Waals surface area contributed by atoms with Crippen LogP contribution in [0.3, 0.4) is 0 Å². The number of carbonyl (C=O) groups excluding carboxylic acids is 1. The van der Waals surface area contributed by atoms with Gasteiger partial charge in [-0.15, -0.1) is 0 Å². The fraction of sp³-hybridized carbons (Fsp3) is 0.429. The summed E-state index contributed by atoms with van der Waals surface area (Å²) < 4.78 is 4.98. The number of carbonyl (C=O) groups is 1. The van der Waals surface area contributed by atoms with Crippen LogP contribution >= 0.6 is 0 Å². The van der Waals surface area contributed by atoms with E-state index in [2.05, 4.69) is 17.5 Å². The first-order chi connectivity index (χ1) is 9.19. The molecule has 0 saturated carbocycles. The van der Waals surface area contributed by atoms with Gasteiger partial charge >= 0.3 is 0 Å². The van der Waals surface area contributed by atoms with E-state index in [1.54, 1.807) is 18.2 Å². The largest absolute Gasteiger partial charge is 0.504 e. The van der Waals surface area contributed by atoms with Crippen molar-refractivity contribution in [1.29, 1.82) is 0 Å². The molecule has 2 N–H and O–H groups in total. The summed E-state index contributed by atoms with van der Waals surface area (Å²) >= 11 is 0. The molecule has 1 aromatic rings. The summed E-state index contributed by atoms with van der Waals surface area (Å²) in [6.45, 7) is 2.08. The van der Waals surface area contributed by atoms with Crippen molar-refractivity contribution in [2.75, 3.05) is 7.11 Å². The minimum atomic E-state index is -0.118. The number of hydrogen-bond donors (Lipinski definition) is 2. The lowest BCUT2D eigenvalue weighted by molar-refractivity contribution is -0.121. The summed E-state index contributed by atoms with van der Waals surface area (Å²) in [5, 5.41) is 13.6. The number of benzene rings is 1. The summed E-state index contributed by atoms with van der Waals surface area (Å²) in [5.41, 5.74) is 2.93. The van der Waals surface area contributed by atoms with Gasteiger partial charge in [-0.1, -0.05) is 25.8 Å². The van der Waals surface area contributed by atoms with Crippen molar-refractivity contribution in [2.45, 2.75) is 32.6 Å². The number of amides is 1. The van der Waals surface area contributed by atoms with Gasteiger partial charge in [-0.2, -0.15) is 5.10 Å². The fourth-order valence-corrected chi connectivity index (χ4v) is 1.57. The number of ether oxygens (including phenoxy) is 1. The maximum Gasteiger partial charge on any atom is 0.240 e. The van der Waals surface area contributed by atoms with Crippen molar-refractivity contribution < 1.29 is 14.6 Å². The summed E-state index contributed by atoms with van der Waals surface area (Å²) in [5.74, 6) is 0.263. The maximum atomic E-state index is 11.4. The van der Waals surface area contributed by atoms with Crippen LogP contribution in [0.25, 0.3) is 0 Å². The van der Waals surface area contributed by atoms with Crippen LogP contribution in [0.5, 0.6) is 11.5 Å². The fourth-order valence-electron chi connectivity index (χ4n) is 1.57. The Morgan fingerprint density at radius 3 is 2.95 bits per heavy atom. The number of hydrazone groups is 1. The molecule has 0 spiro atoms. The molecule has 0 bridgehead atoms. The number of nitrogens with one attached hydrogen (secondary N) is 1. The number of phenols is 1. The van der Waals surface area contributed by atoms with Crippen LogP contribution in [-0.4, -0.2) is 24.3 Å². The van der Waals surface area contributed by atoms with Crippen LogP contribution in [0.4, 0.5) is 0 Å². The monoisotopic (exact) mass is 264 g/mol. The first-order valence-corrected chi connectivity index (χ1v) is 6.37. The SMILES string of the molecule is CCCCCC(=O)N/N=C/c1cccc(OC)c1O. The molecule has 1 rings (SSSR count). The molecule has 104 valence electrons. The molecule has 0 aliphatic heterocycles. The molecule has 0 unspecified atom stereocenters. The topological polar surface area (TPSA) is 70.9 Å². The second kappa shape index (κ2) is 8.13. The molecule has 1 amide bonds. The quantitative estimate of drug-likeness (QED) is 0.451. The van der Waals surface area contributed by atoms with Gasteiger partial charge in [-0.3, -0.25) is 4.79 Å². The standard InChI is InChI=1S/C14H20N2O3/c1-3-4-5-9-13(17)16-15-10-11-7-6-8-12(19-2)14(11)18/h6-8,10,18H,3-5,9H2,1-2H3,(H,16,17)/b15-10+. The Morgan fingerprint density at radius 1 is 1.47 bits per heavy atom. The molecular weight excluding hydrogens is 244 g/mol.